The largest absolute Gasteiger partial charge is 0.373 e. The summed E-state index contributed by atoms with van der Waals surface area (Å²) in [7, 11) is 0. The zero-order valence-corrected chi connectivity index (χ0v) is 17.5. The van der Waals surface area contributed by atoms with Crippen LogP contribution in [0.1, 0.15) is 46.1 Å². The minimum Gasteiger partial charge on any atom is -0.373 e. The maximum Gasteiger partial charge on any atom is 0.237 e. The molecule has 6 nitrogen and oxygen atoms in total. The van der Waals surface area contributed by atoms with Crippen molar-refractivity contribution in [3.63, 3.8) is 0 Å². The summed E-state index contributed by atoms with van der Waals surface area (Å²) < 4.78 is 5.81. The monoisotopic (exact) mass is 387 g/mol. The molecule has 0 saturated carbocycles. The van der Waals surface area contributed by atoms with Crippen LogP contribution < -0.4 is 10.2 Å². The lowest BCUT2D eigenvalue weighted by atomic mass is 9.99. The first-order chi connectivity index (χ1) is 13.3. The summed E-state index contributed by atoms with van der Waals surface area (Å²) >= 11 is 0. The summed E-state index contributed by atoms with van der Waals surface area (Å²) in [4.78, 5) is 28.9. The molecule has 6 heteroatoms. The molecule has 1 aromatic rings. The lowest BCUT2D eigenvalue weighted by molar-refractivity contribution is -0.135. The van der Waals surface area contributed by atoms with Crippen molar-refractivity contribution in [3.8, 4) is 0 Å². The molecule has 1 N–H and O–H groups in total. The summed E-state index contributed by atoms with van der Waals surface area (Å²) in [5, 5.41) is 3.10. The van der Waals surface area contributed by atoms with Gasteiger partial charge in [-0.2, -0.15) is 0 Å². The Morgan fingerprint density at radius 1 is 1.18 bits per heavy atom. The number of rotatable bonds is 6. The number of carbonyl (C=O) groups is 2. The van der Waals surface area contributed by atoms with Crippen LogP contribution in [0.25, 0.3) is 0 Å². The number of carbonyl (C=O) groups excluding carboxylic acids is 2. The van der Waals surface area contributed by atoms with Gasteiger partial charge in [0.1, 0.15) is 0 Å². The first kappa shape index (κ1) is 20.8. The van der Waals surface area contributed by atoms with Crippen LogP contribution in [0, 0.1) is 5.92 Å². The maximum absolute atomic E-state index is 12.9. The van der Waals surface area contributed by atoms with E-state index in [0.29, 0.717) is 13.0 Å². The molecule has 2 aliphatic rings. The van der Waals surface area contributed by atoms with Crippen molar-refractivity contribution in [2.24, 2.45) is 5.92 Å². The lowest BCUT2D eigenvalue weighted by Crippen LogP contribution is -2.56. The molecular formula is C22H33N3O3. The Bertz CT molecular complexity index is 679. The molecule has 3 atom stereocenters. The van der Waals surface area contributed by atoms with Gasteiger partial charge < -0.3 is 15.0 Å². The number of benzene rings is 1. The van der Waals surface area contributed by atoms with Gasteiger partial charge in [-0.25, -0.2) is 0 Å². The second-order valence-corrected chi connectivity index (χ2v) is 8.43. The molecule has 28 heavy (non-hydrogen) atoms. The van der Waals surface area contributed by atoms with Crippen LogP contribution in [-0.2, 0) is 20.9 Å². The van der Waals surface area contributed by atoms with Crippen LogP contribution in [0.4, 0.5) is 5.69 Å². The Hall–Kier alpha value is -1.92. The molecule has 1 aromatic carbocycles. The molecule has 2 amide bonds. The molecule has 0 bridgehead atoms. The highest BCUT2D eigenvalue weighted by Crippen LogP contribution is 2.22. The minimum atomic E-state index is -0.157. The third-order valence-corrected chi connectivity index (χ3v) is 5.53. The highest BCUT2D eigenvalue weighted by Gasteiger charge is 2.34. The summed E-state index contributed by atoms with van der Waals surface area (Å²) in [6, 6.07) is 7.76. The lowest BCUT2D eigenvalue weighted by Gasteiger charge is -2.41. The first-order valence-electron chi connectivity index (χ1n) is 10.4. The number of hydrogen-bond donors (Lipinski definition) is 1. The Labute approximate surface area is 168 Å². The third-order valence-electron chi connectivity index (χ3n) is 5.53. The average molecular weight is 388 g/mol. The predicted octanol–water partition coefficient (Wildman–Crippen LogP) is 2.56. The van der Waals surface area contributed by atoms with Gasteiger partial charge in [-0.3, -0.25) is 14.5 Å². The molecule has 154 valence electrons. The maximum atomic E-state index is 12.9. The van der Waals surface area contributed by atoms with E-state index in [-0.39, 0.29) is 36.0 Å². The van der Waals surface area contributed by atoms with Crippen molar-refractivity contribution in [1.82, 2.24) is 10.2 Å². The van der Waals surface area contributed by atoms with E-state index in [1.165, 1.54) is 0 Å². The van der Waals surface area contributed by atoms with Crippen molar-refractivity contribution in [2.45, 2.75) is 65.3 Å². The zero-order chi connectivity index (χ0) is 20.3. The quantitative estimate of drug-likeness (QED) is 0.815. The highest BCUT2D eigenvalue weighted by molar-refractivity contribution is 5.95. The molecule has 2 fully saturated rings. The molecule has 0 aromatic heterocycles. The van der Waals surface area contributed by atoms with Crippen molar-refractivity contribution in [2.75, 3.05) is 24.5 Å². The molecule has 2 saturated heterocycles. The van der Waals surface area contributed by atoms with Crippen LogP contribution in [0.3, 0.4) is 0 Å². The van der Waals surface area contributed by atoms with Crippen molar-refractivity contribution in [1.29, 1.82) is 0 Å². The van der Waals surface area contributed by atoms with E-state index in [1.807, 2.05) is 29.2 Å². The number of ether oxygens (including phenoxy) is 1. The summed E-state index contributed by atoms with van der Waals surface area (Å²) in [5.74, 6) is 0.478. The van der Waals surface area contributed by atoms with E-state index in [9.17, 15) is 9.59 Å². The normalized spacial score (nSPS) is 24.6. The number of anilines is 1. The van der Waals surface area contributed by atoms with Gasteiger partial charge in [-0.05, 0) is 43.9 Å². The molecule has 2 heterocycles. The molecular weight excluding hydrogens is 354 g/mol. The van der Waals surface area contributed by atoms with Gasteiger partial charge in [0, 0.05) is 38.3 Å². The Morgan fingerprint density at radius 3 is 2.36 bits per heavy atom. The standard InChI is InChI=1S/C22H33N3O3/c1-15(2)21(24-13-16(3)28-17(4)14-24)22(27)23-12-18-7-9-19(10-8-18)25-11-5-6-20(25)26/h7-10,15-17,21H,5-6,11-14H2,1-4H3,(H,23,27)/t16-,17-,21-/m1/s1. The Morgan fingerprint density at radius 2 is 1.82 bits per heavy atom. The fraction of sp³-hybridized carbons (Fsp3) is 0.636. The van der Waals surface area contributed by atoms with E-state index in [0.717, 1.165) is 37.3 Å². The fourth-order valence-electron chi connectivity index (χ4n) is 4.34. The molecule has 0 aliphatic carbocycles. The first-order valence-corrected chi connectivity index (χ1v) is 10.4. The average Bonchev–Trinajstić information content (AvgIpc) is 3.05. The number of nitrogens with zero attached hydrogens (tertiary/aromatic N) is 2. The molecule has 0 spiro atoms. The predicted molar refractivity (Wildman–Crippen MR) is 110 cm³/mol. The summed E-state index contributed by atoms with van der Waals surface area (Å²) in [6.07, 6.45) is 1.83. The van der Waals surface area contributed by atoms with Crippen LogP contribution >= 0.6 is 0 Å². The molecule has 3 rings (SSSR count). The summed E-state index contributed by atoms with van der Waals surface area (Å²) in [6.45, 7) is 11.1. The van der Waals surface area contributed by atoms with Gasteiger partial charge in [0.05, 0.1) is 18.2 Å². The second-order valence-electron chi connectivity index (χ2n) is 8.43. The van der Waals surface area contributed by atoms with Crippen molar-refractivity contribution in [3.05, 3.63) is 29.8 Å². The molecule has 0 radical (unpaired) electrons. The van der Waals surface area contributed by atoms with Gasteiger partial charge >= 0.3 is 0 Å². The Balaban J connectivity index is 1.59. The van der Waals surface area contributed by atoms with E-state index in [4.69, 9.17) is 4.74 Å². The zero-order valence-electron chi connectivity index (χ0n) is 17.5. The number of amides is 2. The van der Waals surface area contributed by atoms with Gasteiger partial charge in [0.15, 0.2) is 0 Å². The second kappa shape index (κ2) is 9.05. The van der Waals surface area contributed by atoms with Crippen molar-refractivity contribution < 1.29 is 14.3 Å². The van der Waals surface area contributed by atoms with Crippen LogP contribution in [0.2, 0.25) is 0 Å². The topological polar surface area (TPSA) is 61.9 Å². The van der Waals surface area contributed by atoms with E-state index < -0.39 is 0 Å². The minimum absolute atomic E-state index is 0.0649. The fourth-order valence-corrected chi connectivity index (χ4v) is 4.34. The SMILES string of the molecule is CC(C)[C@H](C(=O)NCc1ccc(N2CCCC2=O)cc1)N1C[C@@H](C)O[C@H](C)C1. The molecule has 0 unspecified atom stereocenters. The van der Waals surface area contributed by atoms with Crippen LogP contribution in [-0.4, -0.2) is 54.6 Å². The third kappa shape index (κ3) is 4.92. The van der Waals surface area contributed by atoms with E-state index >= 15 is 0 Å². The Kier molecular flexibility index (Phi) is 6.73. The van der Waals surface area contributed by atoms with Crippen LogP contribution in [0.5, 0.6) is 0 Å². The van der Waals surface area contributed by atoms with E-state index in [2.05, 4.69) is 37.9 Å². The van der Waals surface area contributed by atoms with Gasteiger partial charge in [0.2, 0.25) is 11.8 Å². The molecule has 2 aliphatic heterocycles. The highest BCUT2D eigenvalue weighted by atomic mass is 16.5. The van der Waals surface area contributed by atoms with E-state index in [1.54, 1.807) is 0 Å². The summed E-state index contributed by atoms with van der Waals surface area (Å²) in [5.41, 5.74) is 1.98. The van der Waals surface area contributed by atoms with Crippen molar-refractivity contribution >= 4 is 17.5 Å². The number of morpholine rings is 1. The number of hydrogen-bond acceptors (Lipinski definition) is 4. The smallest absolute Gasteiger partial charge is 0.237 e. The van der Waals surface area contributed by atoms with Gasteiger partial charge in [-0.15, -0.1) is 0 Å². The van der Waals surface area contributed by atoms with Gasteiger partial charge in [0.25, 0.3) is 0 Å². The van der Waals surface area contributed by atoms with Crippen LogP contribution in [0.15, 0.2) is 24.3 Å². The number of nitrogens with one attached hydrogen (secondary N) is 1. The van der Waals surface area contributed by atoms with Gasteiger partial charge in [-0.1, -0.05) is 26.0 Å².